The third kappa shape index (κ3) is 3.51. The predicted molar refractivity (Wildman–Crippen MR) is 115 cm³/mol. The minimum atomic E-state index is 0.469. The highest BCUT2D eigenvalue weighted by molar-refractivity contribution is 6.30. The predicted octanol–water partition coefficient (Wildman–Crippen LogP) is 4.79. The highest BCUT2D eigenvalue weighted by atomic mass is 35.5. The van der Waals surface area contributed by atoms with Crippen LogP contribution in [0.25, 0.3) is 28.0 Å². The maximum atomic E-state index is 6.49. The summed E-state index contributed by atoms with van der Waals surface area (Å²) in [6, 6.07) is 17.3. The molecule has 4 aromatic rings. The second-order valence-electron chi connectivity index (χ2n) is 7.01. The summed E-state index contributed by atoms with van der Waals surface area (Å²) < 4.78 is 1.67. The smallest absolute Gasteiger partial charge is 0.225 e. The van der Waals surface area contributed by atoms with Gasteiger partial charge in [-0.15, -0.1) is 5.10 Å². The molecule has 2 aromatic carbocycles. The van der Waals surface area contributed by atoms with Gasteiger partial charge in [0, 0.05) is 17.1 Å². The van der Waals surface area contributed by atoms with Crippen LogP contribution in [0.4, 0.5) is 11.8 Å². The number of fused-ring (bicyclic) bond motifs is 1. The van der Waals surface area contributed by atoms with Crippen molar-refractivity contribution in [1.29, 1.82) is 0 Å². The number of nitrogens with zero attached hydrogens (tertiary/aromatic N) is 4. The number of rotatable bonds is 5. The van der Waals surface area contributed by atoms with Crippen LogP contribution in [0.2, 0.25) is 5.02 Å². The molecule has 0 aliphatic rings. The van der Waals surface area contributed by atoms with Gasteiger partial charge in [-0.05, 0) is 30.2 Å². The molecule has 0 saturated heterocycles. The molecule has 0 aliphatic heterocycles. The van der Waals surface area contributed by atoms with Crippen molar-refractivity contribution in [3.8, 4) is 16.9 Å². The van der Waals surface area contributed by atoms with Crippen molar-refractivity contribution in [2.75, 3.05) is 17.6 Å². The molecule has 3 N–H and O–H groups in total. The summed E-state index contributed by atoms with van der Waals surface area (Å²) >= 11 is 6.01. The number of nitrogens with two attached hydrogens (primary N) is 1. The van der Waals surface area contributed by atoms with E-state index in [1.165, 1.54) is 0 Å². The second-order valence-corrected chi connectivity index (χ2v) is 7.45. The zero-order valence-corrected chi connectivity index (χ0v) is 16.5. The molecule has 0 radical (unpaired) electrons. The minimum Gasteiger partial charge on any atom is -0.383 e. The molecule has 2 aromatic heterocycles. The normalized spacial score (nSPS) is 11.3. The number of nitrogen functional groups attached to an aromatic ring is 1. The Bertz CT molecular complexity index is 1100. The summed E-state index contributed by atoms with van der Waals surface area (Å²) in [6.45, 7) is 5.04. The number of nitrogens with one attached hydrogen (secondary N) is 1. The first-order valence-electron chi connectivity index (χ1n) is 9.14. The molecular formula is C21H21ClN6. The monoisotopic (exact) mass is 392 g/mol. The Labute approximate surface area is 168 Å². The van der Waals surface area contributed by atoms with Gasteiger partial charge < -0.3 is 11.1 Å². The van der Waals surface area contributed by atoms with Gasteiger partial charge in [0.1, 0.15) is 5.82 Å². The molecule has 0 unspecified atom stereocenters. The van der Waals surface area contributed by atoms with Gasteiger partial charge >= 0.3 is 0 Å². The van der Waals surface area contributed by atoms with Crippen LogP contribution in [0.5, 0.6) is 0 Å². The van der Waals surface area contributed by atoms with Crippen molar-refractivity contribution in [3.05, 3.63) is 59.6 Å². The molecule has 0 fully saturated rings. The Morgan fingerprint density at radius 3 is 2.43 bits per heavy atom. The van der Waals surface area contributed by atoms with Gasteiger partial charge in [0.2, 0.25) is 5.95 Å². The number of hydrogen-bond acceptors (Lipinski definition) is 5. The van der Waals surface area contributed by atoms with Gasteiger partial charge in [-0.2, -0.15) is 4.98 Å². The Morgan fingerprint density at radius 1 is 1.04 bits per heavy atom. The molecule has 0 aliphatic carbocycles. The first-order chi connectivity index (χ1) is 13.5. The van der Waals surface area contributed by atoms with Gasteiger partial charge in [-0.25, -0.2) is 9.67 Å². The van der Waals surface area contributed by atoms with Crippen molar-refractivity contribution in [1.82, 2.24) is 19.7 Å². The third-order valence-electron chi connectivity index (χ3n) is 4.36. The Morgan fingerprint density at radius 2 is 1.75 bits per heavy atom. The molecule has 0 spiro atoms. The Hall–Kier alpha value is -3.12. The van der Waals surface area contributed by atoms with Crippen molar-refractivity contribution in [2.45, 2.75) is 13.8 Å². The average molecular weight is 393 g/mol. The van der Waals surface area contributed by atoms with Gasteiger partial charge in [0.15, 0.2) is 5.65 Å². The summed E-state index contributed by atoms with van der Waals surface area (Å²) in [7, 11) is 0. The fourth-order valence-corrected chi connectivity index (χ4v) is 3.10. The lowest BCUT2D eigenvalue weighted by Crippen LogP contribution is -2.11. The van der Waals surface area contributed by atoms with E-state index in [4.69, 9.17) is 22.3 Å². The lowest BCUT2D eigenvalue weighted by molar-refractivity contribution is 0.685. The molecule has 0 atom stereocenters. The Balaban J connectivity index is 1.92. The number of halogens is 1. The van der Waals surface area contributed by atoms with Crippen LogP contribution in [-0.2, 0) is 0 Å². The fraction of sp³-hybridized carbons (Fsp3) is 0.190. The molecule has 4 rings (SSSR count). The molecule has 6 nitrogen and oxygen atoms in total. The number of hydrogen-bond donors (Lipinski definition) is 2. The van der Waals surface area contributed by atoms with E-state index in [2.05, 4.69) is 29.2 Å². The van der Waals surface area contributed by atoms with Crippen LogP contribution in [0.1, 0.15) is 13.8 Å². The van der Waals surface area contributed by atoms with Crippen LogP contribution in [0.3, 0.4) is 0 Å². The third-order valence-corrected chi connectivity index (χ3v) is 4.61. The highest BCUT2D eigenvalue weighted by Gasteiger charge is 2.19. The molecule has 142 valence electrons. The topological polar surface area (TPSA) is 81.6 Å². The van der Waals surface area contributed by atoms with Crippen LogP contribution < -0.4 is 11.1 Å². The van der Waals surface area contributed by atoms with Gasteiger partial charge in [-0.1, -0.05) is 55.8 Å². The minimum absolute atomic E-state index is 0.469. The maximum Gasteiger partial charge on any atom is 0.225 e. The van der Waals surface area contributed by atoms with E-state index in [9.17, 15) is 0 Å². The lowest BCUT2D eigenvalue weighted by atomic mass is 10.1. The van der Waals surface area contributed by atoms with E-state index in [0.29, 0.717) is 28.4 Å². The van der Waals surface area contributed by atoms with Crippen LogP contribution in [-0.4, -0.2) is 26.3 Å². The van der Waals surface area contributed by atoms with E-state index >= 15 is 0 Å². The van der Waals surface area contributed by atoms with E-state index in [1.54, 1.807) is 4.68 Å². The summed E-state index contributed by atoms with van der Waals surface area (Å²) in [5, 5.41) is 9.33. The summed E-state index contributed by atoms with van der Waals surface area (Å²) in [5.74, 6) is 1.50. The largest absolute Gasteiger partial charge is 0.383 e. The molecule has 2 heterocycles. The average Bonchev–Trinajstić information content (AvgIpc) is 3.03. The number of benzene rings is 2. The van der Waals surface area contributed by atoms with Crippen molar-refractivity contribution < 1.29 is 0 Å². The van der Waals surface area contributed by atoms with E-state index in [0.717, 1.165) is 28.9 Å². The molecule has 0 saturated carbocycles. The van der Waals surface area contributed by atoms with Crippen molar-refractivity contribution >= 4 is 34.4 Å². The zero-order chi connectivity index (χ0) is 19.7. The van der Waals surface area contributed by atoms with Crippen molar-refractivity contribution in [3.63, 3.8) is 0 Å². The molecule has 0 bridgehead atoms. The highest BCUT2D eigenvalue weighted by Crippen LogP contribution is 2.32. The fourth-order valence-electron chi connectivity index (χ4n) is 2.97. The van der Waals surface area contributed by atoms with Gasteiger partial charge in [0.25, 0.3) is 0 Å². The van der Waals surface area contributed by atoms with E-state index < -0.39 is 0 Å². The SMILES string of the molecule is CC(C)CNc1nc(-c2ccccc2)c2c(N)n(-c3ccc(Cl)cc3)nc2n1. The maximum absolute atomic E-state index is 6.49. The summed E-state index contributed by atoms with van der Waals surface area (Å²) in [5.41, 5.74) is 9.57. The standard InChI is InChI=1S/C21H21ClN6/c1-13(2)12-24-21-25-18(14-6-4-3-5-7-14)17-19(23)28(27-20(17)26-21)16-10-8-15(22)9-11-16/h3-11,13H,12,23H2,1-2H3,(H,24,26,27). The molecule has 28 heavy (non-hydrogen) atoms. The first kappa shape index (κ1) is 18.3. The van der Waals surface area contributed by atoms with Gasteiger partial charge in [0.05, 0.1) is 16.8 Å². The van der Waals surface area contributed by atoms with Gasteiger partial charge in [-0.3, -0.25) is 0 Å². The summed E-state index contributed by atoms with van der Waals surface area (Å²) in [6.07, 6.45) is 0. The second kappa shape index (κ2) is 7.48. The van der Waals surface area contributed by atoms with Crippen LogP contribution >= 0.6 is 11.6 Å². The molecular weight excluding hydrogens is 372 g/mol. The molecule has 7 heteroatoms. The Kier molecular flexibility index (Phi) is 4.88. The zero-order valence-electron chi connectivity index (χ0n) is 15.7. The van der Waals surface area contributed by atoms with Crippen LogP contribution in [0.15, 0.2) is 54.6 Å². The lowest BCUT2D eigenvalue weighted by Gasteiger charge is -2.10. The number of aromatic nitrogens is 4. The molecule has 0 amide bonds. The van der Waals surface area contributed by atoms with Crippen LogP contribution in [0, 0.1) is 5.92 Å². The van der Waals surface area contributed by atoms with Crippen molar-refractivity contribution in [2.24, 2.45) is 5.92 Å². The van der Waals surface area contributed by atoms with E-state index in [1.807, 2.05) is 54.6 Å². The summed E-state index contributed by atoms with van der Waals surface area (Å²) in [4.78, 5) is 9.35. The van der Waals surface area contributed by atoms with E-state index in [-0.39, 0.29) is 0 Å². The quantitative estimate of drug-likeness (QED) is 0.510. The first-order valence-corrected chi connectivity index (χ1v) is 9.52. The number of anilines is 2.